The van der Waals surface area contributed by atoms with E-state index in [0.29, 0.717) is 6.54 Å². The van der Waals surface area contributed by atoms with Crippen LogP contribution >= 0.6 is 0 Å². The highest BCUT2D eigenvalue weighted by molar-refractivity contribution is 5.81. The molecule has 0 radical (unpaired) electrons. The lowest BCUT2D eigenvalue weighted by Crippen LogP contribution is -2.45. The summed E-state index contributed by atoms with van der Waals surface area (Å²) >= 11 is 0. The number of carboxylic acid groups (broad SMARTS) is 1. The molecule has 1 aliphatic heterocycles. The number of nitrogens with zero attached hydrogens (tertiary/aromatic N) is 1. The van der Waals surface area contributed by atoms with Crippen molar-refractivity contribution in [2.75, 3.05) is 13.1 Å². The van der Waals surface area contributed by atoms with Crippen molar-refractivity contribution in [2.45, 2.75) is 40.0 Å². The van der Waals surface area contributed by atoms with E-state index in [9.17, 15) is 9.59 Å². The first-order chi connectivity index (χ1) is 7.30. The highest BCUT2D eigenvalue weighted by Crippen LogP contribution is 2.24. The molecule has 0 spiro atoms. The maximum Gasteiger partial charge on any atom is 0.303 e. The molecule has 1 atom stereocenters. The predicted octanol–water partition coefficient (Wildman–Crippen LogP) is 1.75. The minimum absolute atomic E-state index is 0.123. The van der Waals surface area contributed by atoms with E-state index in [1.54, 1.807) is 0 Å². The second-order valence-corrected chi connectivity index (χ2v) is 5.61. The summed E-state index contributed by atoms with van der Waals surface area (Å²) < 4.78 is 0. The Morgan fingerprint density at radius 1 is 1.38 bits per heavy atom. The molecule has 1 fully saturated rings. The lowest BCUT2D eigenvalue weighted by molar-refractivity contribution is -0.144. The second-order valence-electron chi connectivity index (χ2n) is 5.61. The molecule has 4 nitrogen and oxygen atoms in total. The van der Waals surface area contributed by atoms with Crippen molar-refractivity contribution < 1.29 is 14.7 Å². The van der Waals surface area contributed by atoms with Crippen LogP contribution in [0, 0.1) is 11.3 Å². The van der Waals surface area contributed by atoms with Crippen molar-refractivity contribution >= 4 is 11.9 Å². The fourth-order valence-electron chi connectivity index (χ4n) is 2.14. The van der Waals surface area contributed by atoms with E-state index < -0.39 is 5.97 Å². The lowest BCUT2D eigenvalue weighted by Gasteiger charge is -2.36. The number of likely N-dealkylation sites (tertiary alicyclic amines) is 1. The molecule has 1 aliphatic rings. The number of piperidine rings is 1. The van der Waals surface area contributed by atoms with Gasteiger partial charge in [-0.05, 0) is 18.8 Å². The summed E-state index contributed by atoms with van der Waals surface area (Å²) in [6, 6.07) is 0. The van der Waals surface area contributed by atoms with Gasteiger partial charge in [0.25, 0.3) is 0 Å². The molecule has 1 heterocycles. The molecule has 1 unspecified atom stereocenters. The van der Waals surface area contributed by atoms with E-state index >= 15 is 0 Å². The molecule has 0 aromatic heterocycles. The van der Waals surface area contributed by atoms with Crippen LogP contribution in [0.1, 0.15) is 40.0 Å². The predicted molar refractivity (Wildman–Crippen MR) is 61.0 cm³/mol. The molecule has 1 rings (SSSR count). The van der Waals surface area contributed by atoms with E-state index in [4.69, 9.17) is 5.11 Å². The molecule has 92 valence electrons. The number of hydrogen-bond acceptors (Lipinski definition) is 2. The Hall–Kier alpha value is -1.06. The maximum absolute atomic E-state index is 12.0. The van der Waals surface area contributed by atoms with Gasteiger partial charge in [-0.1, -0.05) is 20.8 Å². The fourth-order valence-corrected chi connectivity index (χ4v) is 2.14. The average molecular weight is 227 g/mol. The average Bonchev–Trinajstić information content (AvgIpc) is 2.14. The van der Waals surface area contributed by atoms with Gasteiger partial charge < -0.3 is 10.0 Å². The molecule has 1 amide bonds. The number of carboxylic acids is 1. The molecular formula is C12H21NO3. The van der Waals surface area contributed by atoms with Crippen LogP contribution in [0.4, 0.5) is 0 Å². The summed E-state index contributed by atoms with van der Waals surface area (Å²) in [5.41, 5.74) is -0.370. The van der Waals surface area contributed by atoms with Crippen LogP contribution < -0.4 is 0 Å². The first-order valence-corrected chi connectivity index (χ1v) is 5.82. The van der Waals surface area contributed by atoms with Crippen LogP contribution in [0.25, 0.3) is 0 Å². The highest BCUT2D eigenvalue weighted by atomic mass is 16.4. The molecule has 0 bridgehead atoms. The van der Waals surface area contributed by atoms with Crippen molar-refractivity contribution in [3.05, 3.63) is 0 Å². The van der Waals surface area contributed by atoms with Gasteiger partial charge in [0, 0.05) is 24.9 Å². The zero-order chi connectivity index (χ0) is 12.3. The third kappa shape index (κ3) is 3.51. The van der Waals surface area contributed by atoms with Crippen LogP contribution in [0.15, 0.2) is 0 Å². The minimum Gasteiger partial charge on any atom is -0.481 e. The summed E-state index contributed by atoms with van der Waals surface area (Å²) in [6.07, 6.45) is 2.01. The summed E-state index contributed by atoms with van der Waals surface area (Å²) in [6.45, 7) is 7.07. The van der Waals surface area contributed by atoms with E-state index in [0.717, 1.165) is 19.4 Å². The number of hydrogen-bond donors (Lipinski definition) is 1. The van der Waals surface area contributed by atoms with Gasteiger partial charge in [-0.2, -0.15) is 0 Å². The monoisotopic (exact) mass is 227 g/mol. The number of rotatable bonds is 2. The van der Waals surface area contributed by atoms with Crippen LogP contribution in [-0.2, 0) is 9.59 Å². The molecule has 1 saturated heterocycles. The van der Waals surface area contributed by atoms with Gasteiger partial charge in [-0.25, -0.2) is 0 Å². The molecule has 16 heavy (non-hydrogen) atoms. The second kappa shape index (κ2) is 4.85. The Labute approximate surface area is 96.6 Å². The molecule has 0 aromatic carbocycles. The third-order valence-electron chi connectivity index (χ3n) is 2.91. The normalized spacial score (nSPS) is 21.9. The van der Waals surface area contributed by atoms with Gasteiger partial charge in [0.2, 0.25) is 5.91 Å². The van der Waals surface area contributed by atoms with Gasteiger partial charge in [-0.3, -0.25) is 9.59 Å². The minimum atomic E-state index is -0.768. The molecule has 4 heteroatoms. The summed E-state index contributed by atoms with van der Waals surface area (Å²) in [5.74, 6) is -0.518. The SMILES string of the molecule is CC(C)(C)C(=O)N1CCCC(CC(=O)O)C1. The number of carbonyl (C=O) groups excluding carboxylic acids is 1. The summed E-state index contributed by atoms with van der Waals surface area (Å²) in [4.78, 5) is 24.5. The standard InChI is InChI=1S/C12H21NO3/c1-12(2,3)11(16)13-6-4-5-9(8-13)7-10(14)15/h9H,4-8H2,1-3H3,(H,14,15). The Bertz CT molecular complexity index is 280. The number of aliphatic carboxylic acids is 1. The lowest BCUT2D eigenvalue weighted by atomic mass is 9.90. The zero-order valence-corrected chi connectivity index (χ0v) is 10.3. The zero-order valence-electron chi connectivity index (χ0n) is 10.3. The molecule has 0 aromatic rings. The third-order valence-corrected chi connectivity index (χ3v) is 2.91. The Balaban J connectivity index is 2.57. The quantitative estimate of drug-likeness (QED) is 0.781. The van der Waals surface area contributed by atoms with Crippen LogP contribution in [0.2, 0.25) is 0 Å². The van der Waals surface area contributed by atoms with Crippen LogP contribution in [0.5, 0.6) is 0 Å². The molecule has 0 saturated carbocycles. The van der Waals surface area contributed by atoms with E-state index in [1.807, 2.05) is 25.7 Å². The van der Waals surface area contributed by atoms with E-state index in [-0.39, 0.29) is 23.7 Å². The topological polar surface area (TPSA) is 57.6 Å². The Morgan fingerprint density at radius 3 is 2.50 bits per heavy atom. The molecule has 1 N–H and O–H groups in total. The van der Waals surface area contributed by atoms with E-state index in [2.05, 4.69) is 0 Å². The first kappa shape index (κ1) is 13.0. The highest BCUT2D eigenvalue weighted by Gasteiger charge is 2.31. The van der Waals surface area contributed by atoms with Gasteiger partial charge in [0.15, 0.2) is 0 Å². The maximum atomic E-state index is 12.0. The Morgan fingerprint density at radius 2 is 2.00 bits per heavy atom. The largest absolute Gasteiger partial charge is 0.481 e. The summed E-state index contributed by atoms with van der Waals surface area (Å²) in [7, 11) is 0. The van der Waals surface area contributed by atoms with Gasteiger partial charge >= 0.3 is 5.97 Å². The van der Waals surface area contributed by atoms with Crippen molar-refractivity contribution in [3.63, 3.8) is 0 Å². The van der Waals surface area contributed by atoms with Crippen molar-refractivity contribution in [3.8, 4) is 0 Å². The summed E-state index contributed by atoms with van der Waals surface area (Å²) in [5, 5.41) is 8.75. The van der Waals surface area contributed by atoms with Crippen molar-refractivity contribution in [2.24, 2.45) is 11.3 Å². The van der Waals surface area contributed by atoms with Crippen LogP contribution in [-0.4, -0.2) is 35.0 Å². The number of carbonyl (C=O) groups is 2. The smallest absolute Gasteiger partial charge is 0.303 e. The molecular weight excluding hydrogens is 206 g/mol. The van der Waals surface area contributed by atoms with Gasteiger partial charge in [0.05, 0.1) is 0 Å². The van der Waals surface area contributed by atoms with Crippen molar-refractivity contribution in [1.82, 2.24) is 4.90 Å². The fraction of sp³-hybridized carbons (Fsp3) is 0.833. The number of amides is 1. The van der Waals surface area contributed by atoms with Gasteiger partial charge in [-0.15, -0.1) is 0 Å². The van der Waals surface area contributed by atoms with Crippen LogP contribution in [0.3, 0.4) is 0 Å². The van der Waals surface area contributed by atoms with Crippen molar-refractivity contribution in [1.29, 1.82) is 0 Å². The first-order valence-electron chi connectivity index (χ1n) is 5.82. The van der Waals surface area contributed by atoms with E-state index in [1.165, 1.54) is 0 Å². The van der Waals surface area contributed by atoms with Gasteiger partial charge in [0.1, 0.15) is 0 Å². The Kier molecular flexibility index (Phi) is 3.94. The molecule has 0 aliphatic carbocycles.